The molecule has 1 saturated heterocycles. The molecule has 2 aliphatic rings. The number of carbonyl (C=O) groups is 2. The maximum absolute atomic E-state index is 12.2. The summed E-state index contributed by atoms with van der Waals surface area (Å²) in [6, 6.07) is -1.35. The van der Waals surface area contributed by atoms with E-state index in [-0.39, 0.29) is 12.4 Å². The molecule has 0 aromatic rings. The molecule has 10 nitrogen and oxygen atoms in total. The van der Waals surface area contributed by atoms with E-state index in [9.17, 15) is 19.8 Å². The predicted octanol–water partition coefficient (Wildman–Crippen LogP) is -2.70. The molecule has 0 bridgehead atoms. The molecule has 1 fully saturated rings. The van der Waals surface area contributed by atoms with Gasteiger partial charge in [0.2, 0.25) is 0 Å². The molecule has 0 aliphatic carbocycles. The highest BCUT2D eigenvalue weighted by Crippen LogP contribution is 2.26. The minimum absolute atomic E-state index is 0.0470. The molecular formula is C11H18N4O6. The Morgan fingerprint density at radius 3 is 2.71 bits per heavy atom. The maximum atomic E-state index is 12.2. The number of hydrogen-bond acceptors (Lipinski definition) is 6. The summed E-state index contributed by atoms with van der Waals surface area (Å²) in [4.78, 5) is 25.4. The molecule has 21 heavy (non-hydrogen) atoms. The van der Waals surface area contributed by atoms with Crippen molar-refractivity contribution in [2.75, 3.05) is 20.2 Å². The summed E-state index contributed by atoms with van der Waals surface area (Å²) in [6.07, 6.45) is -3.15. The summed E-state index contributed by atoms with van der Waals surface area (Å²) in [5.74, 6) is 0.218. The Balaban J connectivity index is 2.14. The highest BCUT2D eigenvalue weighted by Gasteiger charge is 2.47. The molecule has 2 aliphatic heterocycles. The van der Waals surface area contributed by atoms with Gasteiger partial charge in [-0.1, -0.05) is 0 Å². The first-order chi connectivity index (χ1) is 9.86. The van der Waals surface area contributed by atoms with Crippen LogP contribution in [0.4, 0.5) is 9.59 Å². The van der Waals surface area contributed by atoms with Gasteiger partial charge in [0.25, 0.3) is 0 Å². The van der Waals surface area contributed by atoms with Gasteiger partial charge >= 0.3 is 12.1 Å². The first-order valence-electron chi connectivity index (χ1n) is 6.30. The highest BCUT2D eigenvalue weighted by molar-refractivity contribution is 5.80. The molecule has 4 atom stereocenters. The van der Waals surface area contributed by atoms with E-state index in [0.717, 1.165) is 4.90 Å². The number of nitrogens with one attached hydrogen (secondary N) is 1. The molecule has 2 heterocycles. The van der Waals surface area contributed by atoms with Crippen molar-refractivity contribution in [3.05, 3.63) is 11.9 Å². The zero-order valence-electron chi connectivity index (χ0n) is 11.3. The SMILES string of the molecule is CN1C(=O)N([C@@H]2O[C@H](CO)[C@@H](O)[C@H]2O)CC=C1NC(N)=O. The molecule has 0 unspecified atom stereocenters. The zero-order valence-corrected chi connectivity index (χ0v) is 11.3. The lowest BCUT2D eigenvalue weighted by Gasteiger charge is -2.37. The third kappa shape index (κ3) is 2.78. The van der Waals surface area contributed by atoms with Crippen LogP contribution in [-0.4, -0.2) is 81.9 Å². The number of ether oxygens (including phenoxy) is 1. The Kier molecular flexibility index (Phi) is 4.32. The van der Waals surface area contributed by atoms with Crippen molar-refractivity contribution in [1.82, 2.24) is 15.1 Å². The summed E-state index contributed by atoms with van der Waals surface area (Å²) >= 11 is 0. The van der Waals surface area contributed by atoms with Crippen molar-refractivity contribution >= 4 is 12.1 Å². The number of aliphatic hydroxyl groups is 3. The van der Waals surface area contributed by atoms with Gasteiger partial charge in [-0.25, -0.2) is 9.59 Å². The lowest BCUT2D eigenvalue weighted by molar-refractivity contribution is -0.0805. The topological polar surface area (TPSA) is 149 Å². The summed E-state index contributed by atoms with van der Waals surface area (Å²) in [6.45, 7) is -0.428. The summed E-state index contributed by atoms with van der Waals surface area (Å²) in [5, 5.41) is 31.0. The lowest BCUT2D eigenvalue weighted by Crippen LogP contribution is -2.55. The molecule has 10 heteroatoms. The van der Waals surface area contributed by atoms with E-state index < -0.39 is 43.2 Å². The monoisotopic (exact) mass is 302 g/mol. The van der Waals surface area contributed by atoms with Gasteiger partial charge in [-0.3, -0.25) is 15.1 Å². The van der Waals surface area contributed by atoms with Gasteiger partial charge in [-0.2, -0.15) is 0 Å². The van der Waals surface area contributed by atoms with E-state index in [1.165, 1.54) is 18.0 Å². The van der Waals surface area contributed by atoms with Crippen molar-refractivity contribution in [3.63, 3.8) is 0 Å². The fourth-order valence-electron chi connectivity index (χ4n) is 2.31. The number of aliphatic hydroxyl groups excluding tert-OH is 3. The molecule has 4 amide bonds. The largest absolute Gasteiger partial charge is 0.394 e. The Morgan fingerprint density at radius 1 is 1.52 bits per heavy atom. The van der Waals surface area contributed by atoms with Gasteiger partial charge in [-0.05, 0) is 6.08 Å². The number of primary amides is 1. The van der Waals surface area contributed by atoms with E-state index >= 15 is 0 Å². The Labute approximate surface area is 120 Å². The third-order valence-corrected chi connectivity index (χ3v) is 3.45. The number of rotatable bonds is 3. The van der Waals surface area contributed by atoms with E-state index in [4.69, 9.17) is 15.6 Å². The van der Waals surface area contributed by atoms with Crippen LogP contribution in [0.15, 0.2) is 11.9 Å². The second-order valence-corrected chi connectivity index (χ2v) is 4.80. The van der Waals surface area contributed by atoms with Crippen molar-refractivity contribution in [2.45, 2.75) is 24.5 Å². The quantitative estimate of drug-likeness (QED) is 0.383. The Morgan fingerprint density at radius 2 is 2.19 bits per heavy atom. The highest BCUT2D eigenvalue weighted by atomic mass is 16.6. The van der Waals surface area contributed by atoms with E-state index in [1.54, 1.807) is 0 Å². The Bertz CT molecular complexity index is 470. The van der Waals surface area contributed by atoms with Crippen LogP contribution in [0.2, 0.25) is 0 Å². The van der Waals surface area contributed by atoms with Crippen LogP contribution in [0.5, 0.6) is 0 Å². The molecule has 0 saturated carbocycles. The second-order valence-electron chi connectivity index (χ2n) is 4.80. The number of nitrogens with two attached hydrogens (primary N) is 1. The molecule has 0 radical (unpaired) electrons. The average molecular weight is 302 g/mol. The molecule has 0 aromatic carbocycles. The number of carbonyl (C=O) groups excluding carboxylic acids is 2. The summed E-state index contributed by atoms with van der Waals surface area (Å²) in [7, 11) is 1.41. The van der Waals surface area contributed by atoms with Gasteiger partial charge < -0.3 is 25.8 Å². The number of amides is 4. The summed E-state index contributed by atoms with van der Waals surface area (Å²) in [5.41, 5.74) is 5.00. The van der Waals surface area contributed by atoms with E-state index in [1.807, 2.05) is 0 Å². The van der Waals surface area contributed by atoms with Crippen LogP contribution in [0.25, 0.3) is 0 Å². The van der Waals surface area contributed by atoms with Crippen LogP contribution in [0.1, 0.15) is 0 Å². The lowest BCUT2D eigenvalue weighted by atomic mass is 10.1. The molecule has 118 valence electrons. The maximum Gasteiger partial charge on any atom is 0.327 e. The molecule has 6 N–H and O–H groups in total. The van der Waals surface area contributed by atoms with Gasteiger partial charge in [0.1, 0.15) is 24.1 Å². The average Bonchev–Trinajstić information content (AvgIpc) is 2.71. The van der Waals surface area contributed by atoms with Crippen molar-refractivity contribution in [2.24, 2.45) is 5.73 Å². The number of urea groups is 2. The van der Waals surface area contributed by atoms with Crippen LogP contribution >= 0.6 is 0 Å². The predicted molar refractivity (Wildman–Crippen MR) is 68.4 cm³/mol. The van der Waals surface area contributed by atoms with E-state index in [2.05, 4.69) is 5.32 Å². The first kappa shape index (κ1) is 15.5. The smallest absolute Gasteiger partial charge is 0.327 e. The van der Waals surface area contributed by atoms with Crippen LogP contribution in [0, 0.1) is 0 Å². The van der Waals surface area contributed by atoms with Gasteiger partial charge in [0.05, 0.1) is 6.61 Å². The minimum Gasteiger partial charge on any atom is -0.394 e. The number of hydrogen-bond donors (Lipinski definition) is 5. The molecule has 0 aromatic heterocycles. The first-order valence-corrected chi connectivity index (χ1v) is 6.30. The molecule has 0 spiro atoms. The fraction of sp³-hybridized carbons (Fsp3) is 0.636. The molecular weight excluding hydrogens is 284 g/mol. The minimum atomic E-state index is -1.33. The van der Waals surface area contributed by atoms with Crippen LogP contribution in [-0.2, 0) is 4.74 Å². The van der Waals surface area contributed by atoms with Gasteiger partial charge in [0, 0.05) is 13.6 Å². The number of nitrogens with zero attached hydrogens (tertiary/aromatic N) is 2. The summed E-state index contributed by atoms with van der Waals surface area (Å²) < 4.78 is 5.30. The van der Waals surface area contributed by atoms with Crippen LogP contribution < -0.4 is 11.1 Å². The third-order valence-electron chi connectivity index (χ3n) is 3.45. The molecule has 2 rings (SSSR count). The van der Waals surface area contributed by atoms with Crippen molar-refractivity contribution < 1.29 is 29.6 Å². The Hall–Kier alpha value is -1.88. The normalized spacial score (nSPS) is 33.1. The zero-order chi connectivity index (χ0) is 15.7. The van der Waals surface area contributed by atoms with Crippen LogP contribution in [0.3, 0.4) is 0 Å². The van der Waals surface area contributed by atoms with E-state index in [0.29, 0.717) is 0 Å². The van der Waals surface area contributed by atoms with Gasteiger partial charge in [0.15, 0.2) is 6.23 Å². The van der Waals surface area contributed by atoms with Crippen molar-refractivity contribution in [1.29, 1.82) is 0 Å². The standard InChI is InChI=1S/C11H18N4O6/c1-14-6(13-10(12)19)2-3-15(11(14)20)9-8(18)7(17)5(4-16)21-9/h2,5,7-9,16-18H,3-4H2,1H3,(H3,12,13,19)/t5-,7-,8-,9-/m1/s1. The second kappa shape index (κ2) is 5.85. The van der Waals surface area contributed by atoms with Crippen molar-refractivity contribution in [3.8, 4) is 0 Å². The fourth-order valence-corrected chi connectivity index (χ4v) is 2.31. The van der Waals surface area contributed by atoms with Gasteiger partial charge in [-0.15, -0.1) is 0 Å².